The third-order valence-electron chi connectivity index (χ3n) is 4.31. The molecule has 1 spiro atoms. The van der Waals surface area contributed by atoms with Gasteiger partial charge in [-0.2, -0.15) is 4.99 Å². The molecule has 0 radical (unpaired) electrons. The molecule has 23 heavy (non-hydrogen) atoms. The van der Waals surface area contributed by atoms with Crippen LogP contribution >= 0.6 is 0 Å². The first-order valence-corrected chi connectivity index (χ1v) is 7.49. The predicted octanol–water partition coefficient (Wildman–Crippen LogP) is 1.20. The molecule has 0 bridgehead atoms. The average molecular weight is 317 g/mol. The molecule has 1 aliphatic carbocycles. The zero-order valence-corrected chi connectivity index (χ0v) is 12.6. The van der Waals surface area contributed by atoms with Gasteiger partial charge in [0.05, 0.1) is 11.3 Å². The highest BCUT2D eigenvalue weighted by atomic mass is 16.4. The van der Waals surface area contributed by atoms with Crippen molar-refractivity contribution in [3.63, 3.8) is 0 Å². The number of carboxylic acids is 1. The topological polar surface area (TPSA) is 138 Å². The van der Waals surface area contributed by atoms with Gasteiger partial charge in [0.2, 0.25) is 11.9 Å². The van der Waals surface area contributed by atoms with Crippen LogP contribution in [0.4, 0.5) is 5.69 Å². The van der Waals surface area contributed by atoms with Crippen LogP contribution in [0.3, 0.4) is 0 Å². The van der Waals surface area contributed by atoms with E-state index in [1.54, 1.807) is 4.90 Å². The molecule has 0 unspecified atom stereocenters. The number of aromatic carboxylic acids is 1. The molecule has 1 aromatic carbocycles. The SMILES string of the molecule is NC1=NC2(CCCCC2)N(c2ccc(C(=O)O)cc2O)C(N)=N1. The number of guanidine groups is 2. The molecule has 0 aromatic heterocycles. The van der Waals surface area contributed by atoms with E-state index in [4.69, 9.17) is 16.6 Å². The molecular weight excluding hydrogens is 298 g/mol. The monoisotopic (exact) mass is 317 g/mol. The molecule has 1 fully saturated rings. The van der Waals surface area contributed by atoms with Crippen molar-refractivity contribution >= 4 is 23.6 Å². The minimum atomic E-state index is -1.11. The summed E-state index contributed by atoms with van der Waals surface area (Å²) in [7, 11) is 0. The summed E-state index contributed by atoms with van der Waals surface area (Å²) < 4.78 is 0. The zero-order chi connectivity index (χ0) is 16.6. The molecule has 1 aromatic rings. The first-order chi connectivity index (χ1) is 10.9. The van der Waals surface area contributed by atoms with Gasteiger partial charge in [0, 0.05) is 0 Å². The summed E-state index contributed by atoms with van der Waals surface area (Å²) in [5.74, 6) is -1.01. The van der Waals surface area contributed by atoms with Crippen LogP contribution in [0.15, 0.2) is 28.2 Å². The lowest BCUT2D eigenvalue weighted by molar-refractivity contribution is 0.0696. The Kier molecular flexibility index (Phi) is 3.59. The quantitative estimate of drug-likeness (QED) is 0.646. The second-order valence-corrected chi connectivity index (χ2v) is 5.83. The van der Waals surface area contributed by atoms with E-state index in [-0.39, 0.29) is 23.2 Å². The number of nitrogens with zero attached hydrogens (tertiary/aromatic N) is 3. The van der Waals surface area contributed by atoms with Gasteiger partial charge in [-0.3, -0.25) is 4.90 Å². The van der Waals surface area contributed by atoms with E-state index >= 15 is 0 Å². The van der Waals surface area contributed by atoms with Crippen molar-refractivity contribution in [1.82, 2.24) is 0 Å². The lowest BCUT2D eigenvalue weighted by Gasteiger charge is -2.45. The number of rotatable bonds is 2. The Bertz CT molecular complexity index is 707. The number of aromatic hydroxyl groups is 1. The maximum Gasteiger partial charge on any atom is 0.335 e. The maximum atomic E-state index is 11.0. The van der Waals surface area contributed by atoms with Gasteiger partial charge in [0.1, 0.15) is 11.4 Å². The van der Waals surface area contributed by atoms with Crippen LogP contribution in [0, 0.1) is 0 Å². The van der Waals surface area contributed by atoms with Gasteiger partial charge in [0.25, 0.3) is 0 Å². The zero-order valence-electron chi connectivity index (χ0n) is 12.6. The molecule has 1 aliphatic heterocycles. The Morgan fingerprint density at radius 3 is 2.52 bits per heavy atom. The highest BCUT2D eigenvalue weighted by Gasteiger charge is 2.43. The van der Waals surface area contributed by atoms with Gasteiger partial charge in [0.15, 0.2) is 0 Å². The van der Waals surface area contributed by atoms with E-state index in [9.17, 15) is 9.90 Å². The Morgan fingerprint density at radius 1 is 1.22 bits per heavy atom. The van der Waals surface area contributed by atoms with E-state index < -0.39 is 11.6 Å². The summed E-state index contributed by atoms with van der Waals surface area (Å²) in [6, 6.07) is 4.14. The average Bonchev–Trinajstić information content (AvgIpc) is 2.48. The number of carboxylic acid groups (broad SMARTS) is 1. The van der Waals surface area contributed by atoms with Crippen LogP contribution in [0.2, 0.25) is 0 Å². The summed E-state index contributed by atoms with van der Waals surface area (Å²) in [5, 5.41) is 19.3. The fourth-order valence-electron chi connectivity index (χ4n) is 3.32. The summed E-state index contributed by atoms with van der Waals surface area (Å²) >= 11 is 0. The van der Waals surface area contributed by atoms with Gasteiger partial charge < -0.3 is 21.7 Å². The number of phenolic OH excluding ortho intramolecular Hbond substituents is 1. The second-order valence-electron chi connectivity index (χ2n) is 5.83. The molecule has 0 amide bonds. The highest BCUT2D eigenvalue weighted by molar-refractivity contribution is 6.06. The fraction of sp³-hybridized carbons (Fsp3) is 0.400. The maximum absolute atomic E-state index is 11.0. The van der Waals surface area contributed by atoms with Crippen molar-refractivity contribution in [3.8, 4) is 5.75 Å². The summed E-state index contributed by atoms with van der Waals surface area (Å²) in [6.45, 7) is 0. The molecule has 3 rings (SSSR count). The molecule has 0 saturated heterocycles. The number of aliphatic imine (C=N–C) groups is 2. The third-order valence-corrected chi connectivity index (χ3v) is 4.31. The number of hydrogen-bond donors (Lipinski definition) is 4. The van der Waals surface area contributed by atoms with Crippen LogP contribution < -0.4 is 16.4 Å². The lowest BCUT2D eigenvalue weighted by atomic mass is 9.87. The number of hydrogen-bond acceptors (Lipinski definition) is 7. The number of benzene rings is 1. The van der Waals surface area contributed by atoms with E-state index in [2.05, 4.69) is 9.98 Å². The molecule has 2 aliphatic rings. The standard InChI is InChI=1S/C15H19N5O3/c16-13-18-14(17)20(15(19-13)6-2-1-3-7-15)10-5-4-9(12(22)23)8-11(10)21/h4-5,8,21H,1-3,6-7H2,(H,22,23)(H4,16,17,18,19). The van der Waals surface area contributed by atoms with Crippen molar-refractivity contribution in [2.75, 3.05) is 4.90 Å². The number of anilines is 1. The minimum absolute atomic E-state index is 0.000482. The first kappa shape index (κ1) is 15.1. The van der Waals surface area contributed by atoms with Crippen molar-refractivity contribution in [2.24, 2.45) is 21.5 Å². The first-order valence-electron chi connectivity index (χ1n) is 7.49. The van der Waals surface area contributed by atoms with Gasteiger partial charge in [-0.15, -0.1) is 0 Å². The van der Waals surface area contributed by atoms with Crippen LogP contribution in [-0.4, -0.2) is 33.8 Å². The Balaban J connectivity index is 2.09. The highest BCUT2D eigenvalue weighted by Crippen LogP contribution is 2.42. The van der Waals surface area contributed by atoms with Crippen LogP contribution in [0.5, 0.6) is 5.75 Å². The van der Waals surface area contributed by atoms with Crippen LogP contribution in [0.1, 0.15) is 42.5 Å². The minimum Gasteiger partial charge on any atom is -0.506 e. The normalized spacial score (nSPS) is 20.1. The third kappa shape index (κ3) is 2.56. The second kappa shape index (κ2) is 5.45. The summed E-state index contributed by atoms with van der Waals surface area (Å²) in [6.07, 6.45) is 4.52. The Morgan fingerprint density at radius 2 is 1.91 bits per heavy atom. The van der Waals surface area contributed by atoms with Crippen LogP contribution in [-0.2, 0) is 0 Å². The van der Waals surface area contributed by atoms with Gasteiger partial charge in [-0.05, 0) is 43.9 Å². The van der Waals surface area contributed by atoms with Gasteiger partial charge in [-0.25, -0.2) is 9.79 Å². The van der Waals surface area contributed by atoms with E-state index in [1.807, 2.05) is 0 Å². The van der Waals surface area contributed by atoms with E-state index in [0.29, 0.717) is 5.69 Å². The van der Waals surface area contributed by atoms with Gasteiger partial charge in [-0.1, -0.05) is 6.42 Å². The number of carbonyl (C=O) groups is 1. The van der Waals surface area contributed by atoms with Gasteiger partial charge >= 0.3 is 5.97 Å². The molecule has 0 atom stereocenters. The molecular formula is C15H19N5O3. The smallest absolute Gasteiger partial charge is 0.335 e. The van der Waals surface area contributed by atoms with Crippen LogP contribution in [0.25, 0.3) is 0 Å². The van der Waals surface area contributed by atoms with Crippen molar-refractivity contribution < 1.29 is 15.0 Å². The summed E-state index contributed by atoms with van der Waals surface area (Å²) in [5.41, 5.74) is 11.6. The molecule has 122 valence electrons. The Hall–Kier alpha value is -2.77. The van der Waals surface area contributed by atoms with Crippen molar-refractivity contribution in [2.45, 2.75) is 37.8 Å². The van der Waals surface area contributed by atoms with E-state index in [1.165, 1.54) is 18.2 Å². The molecule has 1 heterocycles. The number of phenols is 1. The fourth-order valence-corrected chi connectivity index (χ4v) is 3.32. The van der Waals surface area contributed by atoms with E-state index in [0.717, 1.165) is 32.1 Å². The van der Waals surface area contributed by atoms with Crippen molar-refractivity contribution in [1.29, 1.82) is 0 Å². The Labute approximate surface area is 133 Å². The summed E-state index contributed by atoms with van der Waals surface area (Å²) in [4.78, 5) is 21.2. The molecule has 6 N–H and O–H groups in total. The largest absolute Gasteiger partial charge is 0.506 e. The molecule has 8 heteroatoms. The molecule has 1 saturated carbocycles. The lowest BCUT2D eigenvalue weighted by Crippen LogP contribution is -2.58. The number of nitrogens with two attached hydrogens (primary N) is 2. The predicted molar refractivity (Wildman–Crippen MR) is 86.6 cm³/mol. The molecule has 8 nitrogen and oxygen atoms in total. The van der Waals surface area contributed by atoms with Crippen molar-refractivity contribution in [3.05, 3.63) is 23.8 Å².